The van der Waals surface area contributed by atoms with Gasteiger partial charge in [-0.3, -0.25) is 9.36 Å². The minimum atomic E-state index is -4.51. The molecule has 0 unspecified atom stereocenters. The van der Waals surface area contributed by atoms with E-state index >= 15 is 0 Å². The average molecular weight is 487 g/mol. The van der Waals surface area contributed by atoms with Gasteiger partial charge >= 0.3 is 6.18 Å². The monoisotopic (exact) mass is 486 g/mol. The number of aryl methyl sites for hydroxylation is 1. The molecule has 2 aromatic heterocycles. The molecule has 0 spiro atoms. The number of alkyl halides is 3. The summed E-state index contributed by atoms with van der Waals surface area (Å²) in [5, 5.41) is 8.88. The van der Waals surface area contributed by atoms with Crippen molar-refractivity contribution in [2.75, 3.05) is 12.3 Å². The Morgan fingerprint density at radius 2 is 1.71 bits per heavy atom. The lowest BCUT2D eigenvalue weighted by atomic mass is 10.2. The molecule has 0 fully saturated rings. The maximum Gasteiger partial charge on any atom is 0.406 e. The minimum absolute atomic E-state index is 0.134. The molecule has 0 saturated heterocycles. The zero-order chi connectivity index (χ0) is 24.1. The molecule has 0 radical (unpaired) electrons. The molecule has 4 aromatic rings. The van der Waals surface area contributed by atoms with E-state index < -0.39 is 18.6 Å². The number of carbonyl (C=O) groups is 1. The Bertz CT molecular complexity index is 1240. The van der Waals surface area contributed by atoms with Crippen LogP contribution in [0.1, 0.15) is 11.3 Å². The maximum absolute atomic E-state index is 13.2. The van der Waals surface area contributed by atoms with Crippen molar-refractivity contribution in [3.05, 3.63) is 84.3 Å². The number of hydrogen-bond donors (Lipinski definition) is 0. The van der Waals surface area contributed by atoms with Crippen LogP contribution in [0.2, 0.25) is 0 Å². The van der Waals surface area contributed by atoms with Gasteiger partial charge in [-0.2, -0.15) is 13.2 Å². The first-order chi connectivity index (χ1) is 16.3. The number of rotatable bonds is 8. The molecule has 2 heterocycles. The number of benzene rings is 2. The number of para-hydroxylation sites is 1. The first kappa shape index (κ1) is 23.6. The van der Waals surface area contributed by atoms with E-state index in [1.807, 2.05) is 30.3 Å². The van der Waals surface area contributed by atoms with E-state index in [9.17, 15) is 18.0 Å². The number of hydrogen-bond acceptors (Lipinski definition) is 5. The van der Waals surface area contributed by atoms with Gasteiger partial charge in [-0.15, -0.1) is 10.2 Å². The first-order valence-corrected chi connectivity index (χ1v) is 11.4. The Morgan fingerprint density at radius 1 is 1.03 bits per heavy atom. The number of amides is 1. The number of halogens is 3. The van der Waals surface area contributed by atoms with Gasteiger partial charge in [-0.1, -0.05) is 60.3 Å². The fraction of sp³-hybridized carbons (Fsp3) is 0.208. The second kappa shape index (κ2) is 10.2. The van der Waals surface area contributed by atoms with Crippen LogP contribution in [0.4, 0.5) is 13.2 Å². The third-order valence-corrected chi connectivity index (χ3v) is 5.93. The van der Waals surface area contributed by atoms with Gasteiger partial charge in [0.2, 0.25) is 5.91 Å². The van der Waals surface area contributed by atoms with Crippen LogP contribution in [-0.4, -0.2) is 44.0 Å². The normalized spacial score (nSPS) is 11.5. The molecule has 10 heteroatoms. The summed E-state index contributed by atoms with van der Waals surface area (Å²) in [6, 6.07) is 19.7. The molecular weight excluding hydrogens is 465 g/mol. The van der Waals surface area contributed by atoms with E-state index in [1.165, 1.54) is 0 Å². The predicted molar refractivity (Wildman–Crippen MR) is 122 cm³/mol. The zero-order valence-electron chi connectivity index (χ0n) is 18.2. The van der Waals surface area contributed by atoms with E-state index in [2.05, 4.69) is 10.2 Å². The summed E-state index contributed by atoms with van der Waals surface area (Å²) >= 11 is 1.04. The van der Waals surface area contributed by atoms with Crippen molar-refractivity contribution in [3.63, 3.8) is 0 Å². The number of nitrogens with zero attached hydrogens (tertiary/aromatic N) is 4. The second-order valence-corrected chi connectivity index (χ2v) is 8.45. The summed E-state index contributed by atoms with van der Waals surface area (Å²) < 4.78 is 46.7. The molecule has 0 aliphatic heterocycles. The third kappa shape index (κ3) is 5.69. The molecule has 0 aliphatic carbocycles. The van der Waals surface area contributed by atoms with Gasteiger partial charge in [0.15, 0.2) is 11.0 Å². The van der Waals surface area contributed by atoms with Crippen LogP contribution in [0.15, 0.2) is 82.6 Å². The van der Waals surface area contributed by atoms with Crippen molar-refractivity contribution in [1.29, 1.82) is 0 Å². The summed E-state index contributed by atoms with van der Waals surface area (Å²) in [6.07, 6.45) is -2.96. The lowest BCUT2D eigenvalue weighted by Crippen LogP contribution is -2.39. The molecule has 176 valence electrons. The van der Waals surface area contributed by atoms with Gasteiger partial charge in [-0.05, 0) is 30.7 Å². The molecule has 0 saturated carbocycles. The summed E-state index contributed by atoms with van der Waals surface area (Å²) in [6.45, 7) is 0.338. The van der Waals surface area contributed by atoms with Crippen LogP contribution in [0.5, 0.6) is 0 Å². The Balaban J connectivity index is 1.59. The standard InChI is InChI=1S/C24H21F3N4O2S/c1-17-20(12-13-33-17)22-28-29-23(31(22)19-10-6-3-7-11-19)34-15-21(32)30(16-24(25,26)27)14-18-8-4-2-5-9-18/h2-13H,14-16H2,1H3. The van der Waals surface area contributed by atoms with Crippen molar-refractivity contribution in [2.45, 2.75) is 24.8 Å². The quantitative estimate of drug-likeness (QED) is 0.307. The third-order valence-electron chi connectivity index (χ3n) is 5.01. The maximum atomic E-state index is 13.2. The van der Waals surface area contributed by atoms with Gasteiger partial charge in [0, 0.05) is 12.2 Å². The highest BCUT2D eigenvalue weighted by atomic mass is 32.2. The van der Waals surface area contributed by atoms with Crippen LogP contribution < -0.4 is 0 Å². The van der Waals surface area contributed by atoms with E-state index in [-0.39, 0.29) is 12.3 Å². The summed E-state index contributed by atoms with van der Waals surface area (Å²) in [5.41, 5.74) is 2.11. The molecule has 2 aromatic carbocycles. The molecule has 0 N–H and O–H groups in total. The summed E-state index contributed by atoms with van der Waals surface area (Å²) in [4.78, 5) is 13.7. The van der Waals surface area contributed by atoms with E-state index in [4.69, 9.17) is 4.42 Å². The average Bonchev–Trinajstić information content (AvgIpc) is 3.43. The fourth-order valence-corrected chi connectivity index (χ4v) is 4.29. The van der Waals surface area contributed by atoms with Gasteiger partial charge < -0.3 is 9.32 Å². The van der Waals surface area contributed by atoms with Crippen molar-refractivity contribution >= 4 is 17.7 Å². The molecule has 34 heavy (non-hydrogen) atoms. The van der Waals surface area contributed by atoms with Crippen molar-refractivity contribution in [1.82, 2.24) is 19.7 Å². The smallest absolute Gasteiger partial charge is 0.406 e. The highest BCUT2D eigenvalue weighted by molar-refractivity contribution is 7.99. The van der Waals surface area contributed by atoms with Gasteiger partial charge in [0.25, 0.3) is 0 Å². The van der Waals surface area contributed by atoms with Gasteiger partial charge in [0.05, 0.1) is 17.6 Å². The SMILES string of the molecule is Cc1occc1-c1nnc(SCC(=O)N(Cc2ccccc2)CC(F)(F)F)n1-c1ccccc1. The molecule has 0 bridgehead atoms. The highest BCUT2D eigenvalue weighted by Gasteiger charge is 2.33. The summed E-state index contributed by atoms with van der Waals surface area (Å²) in [5.74, 6) is 0.299. The molecule has 1 amide bonds. The van der Waals surface area contributed by atoms with E-state index in [0.29, 0.717) is 22.3 Å². The molecular formula is C24H21F3N4O2S. The number of thioether (sulfide) groups is 1. The Hall–Kier alpha value is -3.53. The molecule has 0 aliphatic rings. The van der Waals surface area contributed by atoms with Crippen LogP contribution in [0, 0.1) is 6.92 Å². The van der Waals surface area contributed by atoms with Crippen molar-refractivity contribution in [2.24, 2.45) is 0 Å². The lowest BCUT2D eigenvalue weighted by Gasteiger charge is -2.24. The largest absolute Gasteiger partial charge is 0.469 e. The Labute approximate surface area is 198 Å². The zero-order valence-corrected chi connectivity index (χ0v) is 19.0. The number of carbonyl (C=O) groups excluding carboxylic acids is 1. The lowest BCUT2D eigenvalue weighted by molar-refractivity contribution is -0.160. The van der Waals surface area contributed by atoms with Crippen LogP contribution in [0.25, 0.3) is 17.1 Å². The molecule has 0 atom stereocenters. The van der Waals surface area contributed by atoms with Crippen molar-refractivity contribution in [3.8, 4) is 17.1 Å². The summed E-state index contributed by atoms with van der Waals surface area (Å²) in [7, 11) is 0. The molecule has 4 rings (SSSR count). The topological polar surface area (TPSA) is 64.2 Å². The number of aromatic nitrogens is 3. The Morgan fingerprint density at radius 3 is 2.32 bits per heavy atom. The second-order valence-electron chi connectivity index (χ2n) is 7.51. The van der Waals surface area contributed by atoms with E-state index in [0.717, 1.165) is 27.9 Å². The fourth-order valence-electron chi connectivity index (χ4n) is 3.43. The van der Waals surface area contributed by atoms with Crippen LogP contribution in [-0.2, 0) is 11.3 Å². The first-order valence-electron chi connectivity index (χ1n) is 10.4. The number of furan rings is 1. The van der Waals surface area contributed by atoms with Gasteiger partial charge in [-0.25, -0.2) is 0 Å². The Kier molecular flexibility index (Phi) is 7.06. The highest BCUT2D eigenvalue weighted by Crippen LogP contribution is 2.30. The molecule has 6 nitrogen and oxygen atoms in total. The van der Waals surface area contributed by atoms with E-state index in [1.54, 1.807) is 54.2 Å². The van der Waals surface area contributed by atoms with Gasteiger partial charge in [0.1, 0.15) is 12.3 Å². The predicted octanol–water partition coefficient (Wildman–Crippen LogP) is 5.52. The minimum Gasteiger partial charge on any atom is -0.469 e. The van der Waals surface area contributed by atoms with Crippen molar-refractivity contribution < 1.29 is 22.4 Å². The van der Waals surface area contributed by atoms with Crippen LogP contribution >= 0.6 is 11.8 Å². The van der Waals surface area contributed by atoms with Crippen LogP contribution in [0.3, 0.4) is 0 Å².